The molecule has 29 heavy (non-hydrogen) atoms. The highest BCUT2D eigenvalue weighted by Gasteiger charge is 2.54. The van der Waals surface area contributed by atoms with Gasteiger partial charge in [0.05, 0.1) is 0 Å². The summed E-state index contributed by atoms with van der Waals surface area (Å²) < 4.78 is 3.96. The summed E-state index contributed by atoms with van der Waals surface area (Å²) in [6, 6.07) is -0.914. The number of carboxylic acid groups (broad SMARTS) is 1. The van der Waals surface area contributed by atoms with E-state index in [4.69, 9.17) is 16.3 Å². The molecule has 156 valence electrons. The van der Waals surface area contributed by atoms with Crippen LogP contribution in [-0.4, -0.2) is 72.7 Å². The van der Waals surface area contributed by atoms with Crippen molar-refractivity contribution in [3.8, 4) is 0 Å². The third-order valence-electron chi connectivity index (χ3n) is 4.02. The predicted molar refractivity (Wildman–Crippen MR) is 106 cm³/mol. The quantitative estimate of drug-likeness (QED) is 0.168. The van der Waals surface area contributed by atoms with Crippen LogP contribution in [0, 0.1) is 0 Å². The Balaban J connectivity index is 1.75. The van der Waals surface area contributed by atoms with Crippen LogP contribution in [-0.2, 0) is 19.2 Å². The second kappa shape index (κ2) is 8.75. The molecule has 2 aliphatic rings. The highest BCUT2D eigenvalue weighted by molar-refractivity contribution is 8.00. The number of nitrogens with zero attached hydrogens (tertiary/aromatic N) is 4. The van der Waals surface area contributed by atoms with E-state index in [1.54, 1.807) is 0 Å². The van der Waals surface area contributed by atoms with Crippen LogP contribution in [0.2, 0.25) is 0 Å². The number of thioether (sulfide) groups is 1. The van der Waals surface area contributed by atoms with Crippen LogP contribution in [0.3, 0.4) is 0 Å². The van der Waals surface area contributed by atoms with Crippen molar-refractivity contribution >= 4 is 51.9 Å². The first-order chi connectivity index (χ1) is 13.8. The second-order valence-electron chi connectivity index (χ2n) is 6.12. The maximum absolute atomic E-state index is 12.8. The van der Waals surface area contributed by atoms with Gasteiger partial charge in [0.25, 0.3) is 11.8 Å². The minimum atomic E-state index is -1.20. The van der Waals surface area contributed by atoms with Crippen LogP contribution in [0.4, 0.5) is 5.13 Å². The number of aliphatic carboxylic acids is 1. The van der Waals surface area contributed by atoms with Crippen molar-refractivity contribution in [2.75, 3.05) is 18.9 Å². The van der Waals surface area contributed by atoms with Crippen molar-refractivity contribution in [3.63, 3.8) is 0 Å². The van der Waals surface area contributed by atoms with E-state index in [9.17, 15) is 19.5 Å². The Hall–Kier alpha value is -2.71. The summed E-state index contributed by atoms with van der Waals surface area (Å²) in [4.78, 5) is 46.8. The number of carboxylic acids is 1. The van der Waals surface area contributed by atoms with Gasteiger partial charge in [-0.15, -0.1) is 11.8 Å². The first-order valence-electron chi connectivity index (χ1n) is 8.57. The predicted octanol–water partition coefficient (Wildman–Crippen LogP) is -1.05. The third kappa shape index (κ3) is 4.33. The lowest BCUT2D eigenvalue weighted by molar-refractivity contribution is -0.150. The van der Waals surface area contributed by atoms with Gasteiger partial charge in [0, 0.05) is 16.8 Å². The summed E-state index contributed by atoms with van der Waals surface area (Å²) >= 11 is 2.25. The topological polar surface area (TPSA) is 186 Å². The molecule has 3 rings (SSSR count). The number of nitrogens with one attached hydrogen (secondary N) is 1. The lowest BCUT2D eigenvalue weighted by Crippen LogP contribution is -2.71. The van der Waals surface area contributed by atoms with Gasteiger partial charge < -0.3 is 26.7 Å². The fraction of sp³-hybridized carbons (Fsp3) is 0.467. The van der Waals surface area contributed by atoms with E-state index >= 15 is 0 Å². The van der Waals surface area contributed by atoms with E-state index < -0.39 is 29.2 Å². The molecule has 0 aromatic carbocycles. The third-order valence-corrected chi connectivity index (χ3v) is 5.89. The number of fused-ring (bicyclic) bond motifs is 1. The number of nitrogen functional groups attached to an aromatic ring is 1. The van der Waals surface area contributed by atoms with E-state index in [0.29, 0.717) is 13.0 Å². The van der Waals surface area contributed by atoms with Gasteiger partial charge in [-0.1, -0.05) is 5.16 Å². The molecule has 2 amide bonds. The minimum Gasteiger partial charge on any atom is -0.477 e. The summed E-state index contributed by atoms with van der Waals surface area (Å²) in [7, 11) is 0. The maximum atomic E-state index is 12.8. The zero-order valence-corrected chi connectivity index (χ0v) is 16.9. The highest BCUT2D eigenvalue weighted by atomic mass is 32.2. The maximum Gasteiger partial charge on any atom is 0.352 e. The molecular weight excluding hydrogens is 422 g/mol. The Morgan fingerprint density at radius 3 is 2.86 bits per heavy atom. The molecular formula is C15H19N7O5S2. The molecule has 14 heteroatoms. The molecule has 0 bridgehead atoms. The molecule has 1 aromatic rings. The van der Waals surface area contributed by atoms with Gasteiger partial charge in [-0.3, -0.25) is 14.5 Å². The van der Waals surface area contributed by atoms with Gasteiger partial charge in [0.2, 0.25) is 11.5 Å². The van der Waals surface area contributed by atoms with Gasteiger partial charge in [0.1, 0.15) is 23.7 Å². The van der Waals surface area contributed by atoms with E-state index in [-0.39, 0.29) is 34.2 Å². The van der Waals surface area contributed by atoms with Crippen LogP contribution in [0.5, 0.6) is 0 Å². The summed E-state index contributed by atoms with van der Waals surface area (Å²) in [6.07, 6.45) is 2.03. The van der Waals surface area contributed by atoms with Gasteiger partial charge >= 0.3 is 5.97 Å². The lowest BCUT2D eigenvalue weighted by atomic mass is 10.0. The number of carbonyl (C=O) groups is 3. The fourth-order valence-electron chi connectivity index (χ4n) is 2.71. The number of aromatic nitrogens is 2. The molecule has 0 radical (unpaired) electrons. The number of carbonyl (C=O) groups excluding carboxylic acids is 2. The molecule has 0 saturated carbocycles. The smallest absolute Gasteiger partial charge is 0.352 e. The molecule has 0 aliphatic carbocycles. The summed E-state index contributed by atoms with van der Waals surface area (Å²) in [6.45, 7) is 2.39. The van der Waals surface area contributed by atoms with Gasteiger partial charge in [-0.25, -0.2) is 4.79 Å². The second-order valence-corrected chi connectivity index (χ2v) is 8.40. The zero-order valence-electron chi connectivity index (χ0n) is 15.3. The van der Waals surface area contributed by atoms with Crippen molar-refractivity contribution in [1.82, 2.24) is 19.6 Å². The summed E-state index contributed by atoms with van der Waals surface area (Å²) in [5.41, 5.74) is 10.6. The van der Waals surface area contributed by atoms with Crippen molar-refractivity contribution in [2.45, 2.75) is 30.0 Å². The SMILES string of the molecule is CC1C=C(C(=O)O)N2C(=O)C(NC(=O)/C(=N\OCCCN)c3nsc(N)n3)[C@H]2S1. The number of β-lactam (4-membered cyclic amide) rings is 1. The van der Waals surface area contributed by atoms with Crippen LogP contribution in [0.1, 0.15) is 19.2 Å². The average Bonchev–Trinajstić information content (AvgIpc) is 3.11. The van der Waals surface area contributed by atoms with Crippen LogP contribution in [0.15, 0.2) is 16.9 Å². The number of hydrogen-bond acceptors (Lipinski definition) is 11. The number of hydrogen-bond donors (Lipinski definition) is 4. The van der Waals surface area contributed by atoms with E-state index in [1.807, 2.05) is 6.92 Å². The highest BCUT2D eigenvalue weighted by Crippen LogP contribution is 2.40. The summed E-state index contributed by atoms with van der Waals surface area (Å²) in [5, 5.41) is 15.1. The monoisotopic (exact) mass is 441 g/mol. The van der Waals surface area contributed by atoms with Crippen LogP contribution < -0.4 is 16.8 Å². The first kappa shape index (κ1) is 21.0. The summed E-state index contributed by atoms with van der Waals surface area (Å²) in [5.74, 6) is -2.48. The van der Waals surface area contributed by atoms with Gasteiger partial charge in [0.15, 0.2) is 5.13 Å². The Morgan fingerprint density at radius 2 is 2.24 bits per heavy atom. The van der Waals surface area contributed by atoms with Crippen LogP contribution >= 0.6 is 23.3 Å². The Bertz CT molecular complexity index is 886. The molecule has 1 aromatic heterocycles. The molecule has 2 unspecified atom stereocenters. The normalized spacial score (nSPS) is 23.7. The molecule has 3 heterocycles. The standard InChI is InChI=1S/C15H19N7O5S2/c1-6-5-7(14(25)26)22-12(24)9(13(22)28-6)18-11(23)8(20-27-4-2-3-16)10-19-15(17)29-21-10/h5-6,9,13H,2-4,16H2,1H3,(H,18,23)(H,25,26)(H2,17,19,21)/b20-8-/t6?,9?,13-/m1/s1. The van der Waals surface area contributed by atoms with Crippen molar-refractivity contribution in [1.29, 1.82) is 0 Å². The Labute approximate surface area is 173 Å². The molecule has 3 atom stereocenters. The van der Waals surface area contributed by atoms with Gasteiger partial charge in [-0.05, 0) is 26.0 Å². The number of amides is 2. The number of rotatable bonds is 8. The van der Waals surface area contributed by atoms with E-state index in [2.05, 4.69) is 19.8 Å². The molecule has 6 N–H and O–H groups in total. The number of oxime groups is 1. The number of nitrogens with two attached hydrogens (primary N) is 2. The Morgan fingerprint density at radius 1 is 1.48 bits per heavy atom. The molecule has 12 nitrogen and oxygen atoms in total. The average molecular weight is 441 g/mol. The molecule has 1 fully saturated rings. The van der Waals surface area contributed by atoms with Gasteiger partial charge in [-0.2, -0.15) is 9.36 Å². The van der Waals surface area contributed by atoms with Crippen molar-refractivity contribution < 1.29 is 24.3 Å². The lowest BCUT2D eigenvalue weighted by Gasteiger charge is -2.49. The van der Waals surface area contributed by atoms with Crippen molar-refractivity contribution in [3.05, 3.63) is 17.6 Å². The fourth-order valence-corrected chi connectivity index (χ4v) is 4.47. The molecule has 2 aliphatic heterocycles. The first-order valence-corrected chi connectivity index (χ1v) is 10.3. The minimum absolute atomic E-state index is 0.0304. The Kier molecular flexibility index (Phi) is 6.34. The van der Waals surface area contributed by atoms with Crippen LogP contribution in [0.25, 0.3) is 0 Å². The largest absolute Gasteiger partial charge is 0.477 e. The molecule has 0 spiro atoms. The van der Waals surface area contributed by atoms with E-state index in [1.165, 1.54) is 17.8 Å². The zero-order chi connectivity index (χ0) is 21.1. The number of anilines is 1. The van der Waals surface area contributed by atoms with E-state index in [0.717, 1.165) is 16.4 Å². The molecule has 1 saturated heterocycles. The van der Waals surface area contributed by atoms with Crippen molar-refractivity contribution in [2.24, 2.45) is 10.9 Å².